The number of rotatable bonds is 2. The Morgan fingerprint density at radius 3 is 1.69 bits per heavy atom. The van der Waals surface area contributed by atoms with Gasteiger partial charge in [-0.1, -0.05) is 12.8 Å². The van der Waals surface area contributed by atoms with E-state index in [4.69, 9.17) is 8.85 Å². The first-order valence-electron chi connectivity index (χ1n) is 5.68. The van der Waals surface area contributed by atoms with Gasteiger partial charge in [0.25, 0.3) is 0 Å². The van der Waals surface area contributed by atoms with Gasteiger partial charge in [0.2, 0.25) is 0 Å². The lowest BCUT2D eigenvalue weighted by molar-refractivity contribution is 0.275. The summed E-state index contributed by atoms with van der Waals surface area (Å²) in [4.78, 5) is 0. The molecule has 2 saturated heterocycles. The van der Waals surface area contributed by atoms with Crippen LogP contribution in [-0.4, -0.2) is 31.3 Å². The molecule has 2 aliphatic heterocycles. The van der Waals surface area contributed by atoms with E-state index in [9.17, 15) is 0 Å². The van der Waals surface area contributed by atoms with Crippen LogP contribution in [0, 0.1) is 0 Å². The van der Waals surface area contributed by atoms with Crippen LogP contribution in [0.2, 0.25) is 17.8 Å². The normalized spacial score (nSPS) is 36.0. The largest absolute Gasteiger partial charge is 0.420 e. The lowest BCUT2D eigenvalue weighted by Crippen LogP contribution is -2.33. The molecule has 0 aromatic heterocycles. The first-order chi connectivity index (χ1) is 6.45. The Labute approximate surface area is 84.1 Å². The van der Waals surface area contributed by atoms with E-state index >= 15 is 0 Å². The summed E-state index contributed by atoms with van der Waals surface area (Å²) in [5.41, 5.74) is 1.42. The molecule has 2 unspecified atom stereocenters. The van der Waals surface area contributed by atoms with Gasteiger partial charge in [-0.05, 0) is 30.6 Å². The molecule has 0 spiro atoms. The Morgan fingerprint density at radius 2 is 1.31 bits per heavy atom. The molecule has 0 radical (unpaired) electrons. The molecule has 4 heteroatoms. The smallest absolute Gasteiger partial charge is 0.176 e. The Bertz CT molecular complexity index is 127. The fraction of sp³-hybridized carbons (Fsp3) is 1.00. The van der Waals surface area contributed by atoms with Crippen LogP contribution in [0.5, 0.6) is 0 Å². The van der Waals surface area contributed by atoms with Gasteiger partial charge < -0.3 is 8.85 Å². The third kappa shape index (κ3) is 3.20. The average Bonchev–Trinajstić information content (AvgIpc) is 2.21. The SMILES string of the molecule is C1CC[SiH](C[SiH]2CCCCO2)OC1. The second-order valence-electron chi connectivity index (χ2n) is 4.21. The molecular formula is C9H20O2Si2. The first kappa shape index (κ1) is 9.89. The molecule has 0 aromatic carbocycles. The van der Waals surface area contributed by atoms with Crippen molar-refractivity contribution in [2.24, 2.45) is 0 Å². The van der Waals surface area contributed by atoms with Gasteiger partial charge in [-0.2, -0.15) is 0 Å². The van der Waals surface area contributed by atoms with Gasteiger partial charge in [0, 0.05) is 13.2 Å². The van der Waals surface area contributed by atoms with Crippen molar-refractivity contribution in [1.29, 1.82) is 0 Å². The third-order valence-corrected chi connectivity index (χ3v) is 10.8. The molecule has 76 valence electrons. The lowest BCUT2D eigenvalue weighted by Gasteiger charge is -2.27. The topological polar surface area (TPSA) is 18.5 Å². The Balaban J connectivity index is 1.69. The fourth-order valence-electron chi connectivity index (χ4n) is 2.28. The van der Waals surface area contributed by atoms with Crippen molar-refractivity contribution in [2.75, 3.05) is 13.2 Å². The van der Waals surface area contributed by atoms with E-state index in [1.807, 2.05) is 0 Å². The maximum Gasteiger partial charge on any atom is 0.176 e. The second kappa shape index (κ2) is 5.29. The van der Waals surface area contributed by atoms with Crippen LogP contribution < -0.4 is 0 Å². The Hall–Kier alpha value is 0.354. The van der Waals surface area contributed by atoms with Crippen LogP contribution in [0.25, 0.3) is 0 Å². The van der Waals surface area contributed by atoms with Crippen molar-refractivity contribution in [1.82, 2.24) is 0 Å². The predicted octanol–water partition coefficient (Wildman–Crippen LogP) is 1.59. The molecular weight excluding hydrogens is 196 g/mol. The zero-order valence-corrected chi connectivity index (χ0v) is 10.6. The highest BCUT2D eigenvalue weighted by Gasteiger charge is 2.24. The molecule has 0 amide bonds. The van der Waals surface area contributed by atoms with Crippen molar-refractivity contribution < 1.29 is 8.85 Å². The molecule has 13 heavy (non-hydrogen) atoms. The van der Waals surface area contributed by atoms with Crippen LogP contribution >= 0.6 is 0 Å². The lowest BCUT2D eigenvalue weighted by atomic mass is 10.4. The maximum absolute atomic E-state index is 5.87. The summed E-state index contributed by atoms with van der Waals surface area (Å²) >= 11 is 0. The molecule has 0 N–H and O–H groups in total. The highest BCUT2D eigenvalue weighted by molar-refractivity contribution is 6.71. The van der Waals surface area contributed by atoms with E-state index in [1.54, 1.807) is 0 Å². The van der Waals surface area contributed by atoms with Gasteiger partial charge in [0.1, 0.15) is 0 Å². The maximum atomic E-state index is 5.87. The van der Waals surface area contributed by atoms with E-state index in [2.05, 4.69) is 0 Å². The van der Waals surface area contributed by atoms with Crippen molar-refractivity contribution >= 4 is 18.1 Å². The van der Waals surface area contributed by atoms with E-state index < -0.39 is 18.1 Å². The second-order valence-corrected chi connectivity index (χ2v) is 10.4. The van der Waals surface area contributed by atoms with Crippen molar-refractivity contribution in [3.63, 3.8) is 0 Å². The molecule has 0 aliphatic carbocycles. The van der Waals surface area contributed by atoms with Crippen LogP contribution in [0.15, 0.2) is 0 Å². The van der Waals surface area contributed by atoms with Crippen LogP contribution in [0.3, 0.4) is 0 Å². The summed E-state index contributed by atoms with van der Waals surface area (Å²) < 4.78 is 11.7. The van der Waals surface area contributed by atoms with Gasteiger partial charge in [0.15, 0.2) is 18.1 Å². The summed E-state index contributed by atoms with van der Waals surface area (Å²) in [6.07, 6.45) is 5.46. The Kier molecular flexibility index (Phi) is 4.02. The molecule has 2 heterocycles. The highest BCUT2D eigenvalue weighted by atomic mass is 28.4. The van der Waals surface area contributed by atoms with Gasteiger partial charge in [0.05, 0.1) is 0 Å². The monoisotopic (exact) mass is 216 g/mol. The molecule has 2 aliphatic rings. The number of hydrogen-bond acceptors (Lipinski definition) is 2. The van der Waals surface area contributed by atoms with Gasteiger partial charge in [-0.15, -0.1) is 0 Å². The van der Waals surface area contributed by atoms with Crippen molar-refractivity contribution in [3.05, 3.63) is 0 Å². The first-order valence-corrected chi connectivity index (χ1v) is 9.89. The zero-order valence-electron chi connectivity index (χ0n) is 8.34. The predicted molar refractivity (Wildman–Crippen MR) is 59.1 cm³/mol. The molecule has 2 fully saturated rings. The van der Waals surface area contributed by atoms with Crippen LogP contribution in [0.4, 0.5) is 0 Å². The summed E-state index contributed by atoms with van der Waals surface area (Å²) in [6, 6.07) is 2.85. The summed E-state index contributed by atoms with van der Waals surface area (Å²) in [5.74, 6) is 0. The van der Waals surface area contributed by atoms with E-state index in [-0.39, 0.29) is 0 Å². The van der Waals surface area contributed by atoms with Gasteiger partial charge >= 0.3 is 0 Å². The molecule has 2 atom stereocenters. The summed E-state index contributed by atoms with van der Waals surface area (Å²) in [5, 5.41) is 0. The van der Waals surface area contributed by atoms with Crippen molar-refractivity contribution in [3.8, 4) is 0 Å². The van der Waals surface area contributed by atoms with Gasteiger partial charge in [-0.3, -0.25) is 0 Å². The Morgan fingerprint density at radius 1 is 0.769 bits per heavy atom. The molecule has 0 aromatic rings. The third-order valence-electron chi connectivity index (χ3n) is 3.07. The highest BCUT2D eigenvalue weighted by Crippen LogP contribution is 2.20. The fourth-order valence-corrected chi connectivity index (χ4v) is 10.4. The molecule has 2 nitrogen and oxygen atoms in total. The quantitative estimate of drug-likeness (QED) is 0.653. The minimum atomic E-state index is -0.763. The minimum Gasteiger partial charge on any atom is -0.420 e. The average molecular weight is 216 g/mol. The summed E-state index contributed by atoms with van der Waals surface area (Å²) in [7, 11) is -1.53. The molecule has 0 bridgehead atoms. The standard InChI is InChI=1S/C9H20O2Si2/c1-3-7-12(10-5-1)9-13-8-4-2-6-11-13/h12-13H,1-9H2. The zero-order chi connectivity index (χ0) is 8.93. The van der Waals surface area contributed by atoms with Crippen LogP contribution in [-0.2, 0) is 8.85 Å². The number of hydrogen-bond donors (Lipinski definition) is 0. The molecule has 0 saturated carbocycles. The van der Waals surface area contributed by atoms with Crippen molar-refractivity contribution in [2.45, 2.75) is 43.4 Å². The minimum absolute atomic E-state index is 0.763. The van der Waals surface area contributed by atoms with E-state index in [0.717, 1.165) is 13.2 Å². The molecule has 2 rings (SSSR count). The van der Waals surface area contributed by atoms with Crippen LogP contribution in [0.1, 0.15) is 25.7 Å². The summed E-state index contributed by atoms with van der Waals surface area (Å²) in [6.45, 7) is 2.11. The van der Waals surface area contributed by atoms with E-state index in [1.165, 1.54) is 43.4 Å². The van der Waals surface area contributed by atoms with Gasteiger partial charge in [-0.25, -0.2) is 0 Å². The van der Waals surface area contributed by atoms with E-state index in [0.29, 0.717) is 0 Å².